The van der Waals surface area contributed by atoms with Crippen molar-refractivity contribution in [3.05, 3.63) is 28.2 Å². The van der Waals surface area contributed by atoms with Gasteiger partial charge in [-0.3, -0.25) is 0 Å². The van der Waals surface area contributed by atoms with Crippen LogP contribution in [0.15, 0.2) is 22.7 Å². The first-order chi connectivity index (χ1) is 8.13. The fraction of sp³-hybridized carbons (Fsp3) is 0.571. The quantitative estimate of drug-likeness (QED) is 0.891. The second kappa shape index (κ2) is 5.40. The second-order valence-corrected chi connectivity index (χ2v) is 5.66. The van der Waals surface area contributed by atoms with Gasteiger partial charge in [0.2, 0.25) is 0 Å². The number of aliphatic hydroxyl groups excluding tert-OH is 1. The predicted molar refractivity (Wildman–Crippen MR) is 75.4 cm³/mol. The van der Waals surface area contributed by atoms with Crippen molar-refractivity contribution in [3.8, 4) is 0 Å². The summed E-state index contributed by atoms with van der Waals surface area (Å²) in [5, 5.41) is 9.62. The van der Waals surface area contributed by atoms with Gasteiger partial charge in [-0.2, -0.15) is 0 Å². The number of anilines is 1. The van der Waals surface area contributed by atoms with Crippen LogP contribution in [0.5, 0.6) is 0 Å². The Kier molecular flexibility index (Phi) is 4.10. The van der Waals surface area contributed by atoms with Crippen LogP contribution in [0.1, 0.15) is 44.8 Å². The zero-order chi connectivity index (χ0) is 12.4. The van der Waals surface area contributed by atoms with Gasteiger partial charge < -0.3 is 10.0 Å². The number of halogens is 1. The molecule has 1 aromatic carbocycles. The molecule has 1 N–H and O–H groups in total. The van der Waals surface area contributed by atoms with Gasteiger partial charge in [0.25, 0.3) is 0 Å². The van der Waals surface area contributed by atoms with Crippen LogP contribution in [0.25, 0.3) is 0 Å². The topological polar surface area (TPSA) is 23.5 Å². The summed E-state index contributed by atoms with van der Waals surface area (Å²) in [4.78, 5) is 2.48. The van der Waals surface area contributed by atoms with E-state index in [1.807, 2.05) is 6.07 Å². The second-order valence-electron chi connectivity index (χ2n) is 4.81. The summed E-state index contributed by atoms with van der Waals surface area (Å²) in [7, 11) is 0. The molecule has 1 aromatic rings. The minimum absolute atomic E-state index is 0.418. The summed E-state index contributed by atoms with van der Waals surface area (Å²) >= 11 is 3.55. The Bertz CT molecular complexity index is 388. The van der Waals surface area contributed by atoms with Crippen LogP contribution < -0.4 is 4.90 Å². The van der Waals surface area contributed by atoms with Crippen LogP contribution in [-0.4, -0.2) is 17.7 Å². The Labute approximate surface area is 112 Å². The molecule has 17 heavy (non-hydrogen) atoms. The lowest BCUT2D eigenvalue weighted by Gasteiger charge is -2.25. The van der Waals surface area contributed by atoms with Crippen LogP contribution in [0.2, 0.25) is 0 Å². The molecule has 0 aliphatic heterocycles. The average Bonchev–Trinajstić information content (AvgIpc) is 3.09. The van der Waals surface area contributed by atoms with Crippen LogP contribution in [-0.2, 0) is 0 Å². The van der Waals surface area contributed by atoms with Crippen molar-refractivity contribution < 1.29 is 5.11 Å². The Hall–Kier alpha value is -0.540. The predicted octanol–water partition coefficient (Wildman–Crippen LogP) is 3.88. The summed E-state index contributed by atoms with van der Waals surface area (Å²) in [6.07, 6.45) is 3.39. The SMILES string of the molecule is CCCN(c1ccc([C@H](C)O)c(Br)c1)C1CC1. The lowest BCUT2D eigenvalue weighted by atomic mass is 10.1. The van der Waals surface area contributed by atoms with Crippen molar-refractivity contribution in [2.45, 2.75) is 45.3 Å². The van der Waals surface area contributed by atoms with Crippen molar-refractivity contribution in [3.63, 3.8) is 0 Å². The maximum absolute atomic E-state index is 9.62. The zero-order valence-corrected chi connectivity index (χ0v) is 12.1. The molecule has 0 amide bonds. The van der Waals surface area contributed by atoms with E-state index in [9.17, 15) is 5.11 Å². The maximum Gasteiger partial charge on any atom is 0.0772 e. The third-order valence-electron chi connectivity index (χ3n) is 3.22. The Balaban J connectivity index is 2.22. The maximum atomic E-state index is 9.62. The number of hydrogen-bond acceptors (Lipinski definition) is 2. The molecule has 0 aromatic heterocycles. The molecule has 1 aliphatic carbocycles. The van der Waals surface area contributed by atoms with Crippen molar-refractivity contribution in [1.82, 2.24) is 0 Å². The van der Waals surface area contributed by atoms with E-state index >= 15 is 0 Å². The van der Waals surface area contributed by atoms with E-state index in [4.69, 9.17) is 0 Å². The number of nitrogens with zero attached hydrogens (tertiary/aromatic N) is 1. The van der Waals surface area contributed by atoms with E-state index in [0.717, 1.165) is 22.6 Å². The lowest BCUT2D eigenvalue weighted by Crippen LogP contribution is -2.26. The van der Waals surface area contributed by atoms with E-state index < -0.39 is 6.10 Å². The van der Waals surface area contributed by atoms with Gasteiger partial charge in [0.1, 0.15) is 0 Å². The molecule has 0 radical (unpaired) electrons. The Morgan fingerprint density at radius 1 is 1.47 bits per heavy atom. The molecule has 2 nitrogen and oxygen atoms in total. The third-order valence-corrected chi connectivity index (χ3v) is 3.90. The van der Waals surface area contributed by atoms with Crippen LogP contribution in [0.4, 0.5) is 5.69 Å². The first-order valence-corrected chi connectivity index (χ1v) is 7.17. The lowest BCUT2D eigenvalue weighted by molar-refractivity contribution is 0.198. The van der Waals surface area contributed by atoms with Gasteiger partial charge in [0.15, 0.2) is 0 Å². The van der Waals surface area contributed by atoms with Gasteiger partial charge >= 0.3 is 0 Å². The molecular weight excluding hydrogens is 278 g/mol. The average molecular weight is 298 g/mol. The minimum Gasteiger partial charge on any atom is -0.389 e. The first-order valence-electron chi connectivity index (χ1n) is 6.37. The monoisotopic (exact) mass is 297 g/mol. The number of hydrogen-bond donors (Lipinski definition) is 1. The largest absolute Gasteiger partial charge is 0.389 e. The first kappa shape index (κ1) is 12.9. The van der Waals surface area contributed by atoms with Crippen molar-refractivity contribution in [2.24, 2.45) is 0 Å². The number of aliphatic hydroxyl groups is 1. The fourth-order valence-electron chi connectivity index (χ4n) is 2.18. The van der Waals surface area contributed by atoms with Gasteiger partial charge in [-0.15, -0.1) is 0 Å². The van der Waals surface area contributed by atoms with Gasteiger partial charge in [-0.05, 0) is 43.9 Å². The molecule has 1 atom stereocenters. The highest BCUT2D eigenvalue weighted by Gasteiger charge is 2.28. The molecule has 0 saturated heterocycles. The zero-order valence-electron chi connectivity index (χ0n) is 10.5. The molecule has 1 fully saturated rings. The number of rotatable bonds is 5. The molecular formula is C14H20BrNO. The summed E-state index contributed by atoms with van der Waals surface area (Å²) in [6, 6.07) is 7.02. The highest BCUT2D eigenvalue weighted by atomic mass is 79.9. The Morgan fingerprint density at radius 2 is 2.18 bits per heavy atom. The molecule has 0 bridgehead atoms. The van der Waals surface area contributed by atoms with Crippen molar-refractivity contribution in [2.75, 3.05) is 11.4 Å². The van der Waals surface area contributed by atoms with Crippen LogP contribution in [0.3, 0.4) is 0 Å². The van der Waals surface area contributed by atoms with Crippen molar-refractivity contribution in [1.29, 1.82) is 0 Å². The molecule has 0 spiro atoms. The van der Waals surface area contributed by atoms with Gasteiger partial charge in [0, 0.05) is 22.7 Å². The van der Waals surface area contributed by atoms with E-state index in [1.54, 1.807) is 6.92 Å². The highest BCUT2D eigenvalue weighted by molar-refractivity contribution is 9.10. The highest BCUT2D eigenvalue weighted by Crippen LogP contribution is 2.35. The van der Waals surface area contributed by atoms with E-state index in [0.29, 0.717) is 0 Å². The fourth-order valence-corrected chi connectivity index (χ4v) is 2.88. The summed E-state index contributed by atoms with van der Waals surface area (Å²) in [5.74, 6) is 0. The molecule has 94 valence electrons. The van der Waals surface area contributed by atoms with Gasteiger partial charge in [-0.25, -0.2) is 0 Å². The molecule has 1 aliphatic rings. The van der Waals surface area contributed by atoms with Crippen LogP contribution in [0, 0.1) is 0 Å². The molecule has 0 heterocycles. The summed E-state index contributed by atoms with van der Waals surface area (Å²) < 4.78 is 1.01. The summed E-state index contributed by atoms with van der Waals surface area (Å²) in [5.41, 5.74) is 2.23. The van der Waals surface area contributed by atoms with E-state index in [-0.39, 0.29) is 0 Å². The standard InChI is InChI=1S/C14H20BrNO/c1-3-8-16(11-4-5-11)12-6-7-13(10(2)17)14(15)9-12/h6-7,9-11,17H,3-5,8H2,1-2H3/t10-/m0/s1. The van der Waals surface area contributed by atoms with Crippen LogP contribution >= 0.6 is 15.9 Å². The van der Waals surface area contributed by atoms with E-state index in [2.05, 4.69) is 39.9 Å². The van der Waals surface area contributed by atoms with Crippen molar-refractivity contribution >= 4 is 21.6 Å². The van der Waals surface area contributed by atoms with E-state index in [1.165, 1.54) is 24.9 Å². The van der Waals surface area contributed by atoms with Gasteiger partial charge in [-0.1, -0.05) is 28.9 Å². The number of benzene rings is 1. The molecule has 0 unspecified atom stereocenters. The molecule has 2 rings (SSSR count). The molecule has 3 heteroatoms. The summed E-state index contributed by atoms with van der Waals surface area (Å²) in [6.45, 7) is 5.13. The normalized spacial score (nSPS) is 16.9. The third kappa shape index (κ3) is 3.02. The minimum atomic E-state index is -0.418. The van der Waals surface area contributed by atoms with Gasteiger partial charge in [0.05, 0.1) is 6.10 Å². The Morgan fingerprint density at radius 3 is 2.65 bits per heavy atom. The smallest absolute Gasteiger partial charge is 0.0772 e. The molecule has 1 saturated carbocycles.